The molecule has 0 saturated carbocycles. The van der Waals surface area contributed by atoms with Crippen LogP contribution in [0.2, 0.25) is 0 Å². The molecule has 0 aliphatic carbocycles. The van der Waals surface area contributed by atoms with Gasteiger partial charge in [0, 0.05) is 25.1 Å². The quantitative estimate of drug-likeness (QED) is 0.439. The topological polar surface area (TPSA) is 102 Å². The third-order valence-electron chi connectivity index (χ3n) is 6.50. The highest BCUT2D eigenvalue weighted by molar-refractivity contribution is 5.92. The number of halogens is 2. The number of amides is 2. The summed E-state index contributed by atoms with van der Waals surface area (Å²) < 4.78 is 38.0. The number of rotatable bonds is 8. The smallest absolute Gasteiger partial charge is 0.312 e. The van der Waals surface area contributed by atoms with Gasteiger partial charge < -0.3 is 19.4 Å². The summed E-state index contributed by atoms with van der Waals surface area (Å²) >= 11 is 0. The monoisotopic (exact) mass is 525 g/mol. The number of hydrogen-bond donors (Lipinski definition) is 1. The second kappa shape index (κ2) is 11.5. The van der Waals surface area contributed by atoms with Gasteiger partial charge in [-0.2, -0.15) is 0 Å². The number of likely N-dealkylation sites (tertiary alicyclic amines) is 1. The molecule has 0 radical (unpaired) electrons. The van der Waals surface area contributed by atoms with Gasteiger partial charge in [0.05, 0.1) is 26.0 Å². The Morgan fingerprint density at radius 3 is 2.66 bits per heavy atom. The predicted octanol–water partition coefficient (Wildman–Crippen LogP) is 4.35. The Labute approximate surface area is 219 Å². The predicted molar refractivity (Wildman–Crippen MR) is 134 cm³/mol. The van der Waals surface area contributed by atoms with Crippen LogP contribution in [0.3, 0.4) is 0 Å². The second-order valence-corrected chi connectivity index (χ2v) is 9.32. The van der Waals surface area contributed by atoms with E-state index in [-0.39, 0.29) is 49.8 Å². The Bertz CT molecular complexity index is 1310. The van der Waals surface area contributed by atoms with E-state index in [2.05, 4.69) is 10.3 Å². The molecule has 2 amide bonds. The van der Waals surface area contributed by atoms with Crippen LogP contribution in [-0.4, -0.2) is 53.8 Å². The number of nitrogens with zero attached hydrogens (tertiary/aromatic N) is 2. The highest BCUT2D eigenvalue weighted by atomic mass is 19.3. The van der Waals surface area contributed by atoms with Crippen molar-refractivity contribution in [2.45, 2.75) is 44.6 Å². The molecule has 8 nitrogen and oxygen atoms in total. The number of alkyl halides is 2. The molecule has 10 heteroatoms. The number of esters is 1. The fourth-order valence-corrected chi connectivity index (χ4v) is 4.44. The Hall–Kier alpha value is -4.08. The van der Waals surface area contributed by atoms with Gasteiger partial charge in [0.15, 0.2) is 5.69 Å². The summed E-state index contributed by atoms with van der Waals surface area (Å²) in [5.74, 6) is -4.74. The first kappa shape index (κ1) is 27.0. The average Bonchev–Trinajstić information content (AvgIpc) is 3.41. The second-order valence-electron chi connectivity index (χ2n) is 9.32. The summed E-state index contributed by atoms with van der Waals surface area (Å²) in [4.78, 5) is 42.9. The number of methoxy groups -OCH3 is 1. The fourth-order valence-electron chi connectivity index (χ4n) is 4.44. The van der Waals surface area contributed by atoms with E-state index in [0.29, 0.717) is 16.7 Å². The van der Waals surface area contributed by atoms with Gasteiger partial charge in [-0.05, 0) is 42.2 Å². The Morgan fingerprint density at radius 2 is 1.95 bits per heavy atom. The maximum Gasteiger partial charge on any atom is 0.312 e. The van der Waals surface area contributed by atoms with Crippen molar-refractivity contribution < 1.29 is 32.3 Å². The molecule has 1 atom stereocenters. The molecule has 0 spiro atoms. The van der Waals surface area contributed by atoms with E-state index in [1.165, 1.54) is 7.11 Å². The SMILES string of the molecule is COC(=O)C(C)c1cc(-c2nc(C(=O)N3CCCC(F)(F)C3)co2)ccc1CNC(=O)Cc1ccccc1. The summed E-state index contributed by atoms with van der Waals surface area (Å²) in [5.41, 5.74) is 2.59. The number of piperidine rings is 1. The standard InChI is InChI=1S/C28H29F2N3O5/c1-18(27(36)37-2)22-14-20(9-10-21(22)15-31-24(34)13-19-7-4-3-5-8-19)25-32-23(16-38-25)26(35)33-12-6-11-28(29,30)17-33/h3-5,7-10,14,16,18H,6,11-13,15,17H2,1-2H3,(H,31,34). The maximum atomic E-state index is 13.8. The van der Waals surface area contributed by atoms with Crippen molar-refractivity contribution in [2.75, 3.05) is 20.2 Å². The number of hydrogen-bond acceptors (Lipinski definition) is 6. The first-order valence-corrected chi connectivity index (χ1v) is 12.3. The molecule has 2 aromatic carbocycles. The number of oxazole rings is 1. The average molecular weight is 526 g/mol. The van der Waals surface area contributed by atoms with E-state index in [4.69, 9.17) is 9.15 Å². The molecule has 1 saturated heterocycles. The zero-order valence-corrected chi connectivity index (χ0v) is 21.2. The van der Waals surface area contributed by atoms with Gasteiger partial charge in [-0.25, -0.2) is 13.8 Å². The number of carbonyl (C=O) groups is 3. The molecule has 1 aromatic heterocycles. The zero-order chi connectivity index (χ0) is 27.3. The minimum atomic E-state index is -2.92. The number of nitrogens with one attached hydrogen (secondary N) is 1. The molecule has 200 valence electrons. The Kier molecular flexibility index (Phi) is 8.19. The van der Waals surface area contributed by atoms with Crippen LogP contribution < -0.4 is 5.32 Å². The van der Waals surface area contributed by atoms with Crippen LogP contribution in [0.1, 0.15) is 52.9 Å². The van der Waals surface area contributed by atoms with Crippen LogP contribution in [0.5, 0.6) is 0 Å². The van der Waals surface area contributed by atoms with Gasteiger partial charge in [0.25, 0.3) is 11.8 Å². The first-order valence-electron chi connectivity index (χ1n) is 12.3. The normalized spacial score (nSPS) is 15.5. The number of ether oxygens (including phenoxy) is 1. The molecule has 1 unspecified atom stereocenters. The third kappa shape index (κ3) is 6.42. The van der Waals surface area contributed by atoms with Crippen molar-refractivity contribution in [1.29, 1.82) is 0 Å². The van der Waals surface area contributed by atoms with Crippen LogP contribution in [-0.2, 0) is 27.3 Å². The maximum absolute atomic E-state index is 13.8. The van der Waals surface area contributed by atoms with E-state index in [1.54, 1.807) is 25.1 Å². The van der Waals surface area contributed by atoms with Crippen LogP contribution in [0, 0.1) is 0 Å². The minimum Gasteiger partial charge on any atom is -0.469 e. The van der Waals surface area contributed by atoms with Crippen molar-refractivity contribution >= 4 is 17.8 Å². The van der Waals surface area contributed by atoms with E-state index in [9.17, 15) is 23.2 Å². The number of benzene rings is 2. The Morgan fingerprint density at radius 1 is 1.18 bits per heavy atom. The van der Waals surface area contributed by atoms with Gasteiger partial charge in [0.2, 0.25) is 11.8 Å². The van der Waals surface area contributed by atoms with Crippen molar-refractivity contribution in [3.05, 3.63) is 77.2 Å². The molecule has 1 aliphatic heterocycles. The lowest BCUT2D eigenvalue weighted by molar-refractivity contribution is -0.142. The summed E-state index contributed by atoms with van der Waals surface area (Å²) in [6.07, 6.45) is 1.32. The van der Waals surface area contributed by atoms with Crippen molar-refractivity contribution in [3.8, 4) is 11.5 Å². The molecule has 4 rings (SSSR count). The largest absolute Gasteiger partial charge is 0.469 e. The van der Waals surface area contributed by atoms with E-state index < -0.39 is 30.3 Å². The zero-order valence-electron chi connectivity index (χ0n) is 21.2. The molecular formula is C28H29F2N3O5. The first-order chi connectivity index (χ1) is 18.2. The summed E-state index contributed by atoms with van der Waals surface area (Å²) in [6, 6.07) is 14.5. The van der Waals surface area contributed by atoms with Crippen molar-refractivity contribution in [3.63, 3.8) is 0 Å². The molecule has 38 heavy (non-hydrogen) atoms. The number of aromatic nitrogens is 1. The molecule has 0 bridgehead atoms. The van der Waals surface area contributed by atoms with Crippen LogP contribution in [0.25, 0.3) is 11.5 Å². The van der Waals surface area contributed by atoms with Gasteiger partial charge in [-0.3, -0.25) is 14.4 Å². The number of carbonyl (C=O) groups excluding carboxylic acids is 3. The van der Waals surface area contributed by atoms with Crippen LogP contribution >= 0.6 is 0 Å². The van der Waals surface area contributed by atoms with Crippen LogP contribution in [0.15, 0.2) is 59.2 Å². The lowest BCUT2D eigenvalue weighted by Gasteiger charge is -2.31. The molecule has 1 aliphatic rings. The van der Waals surface area contributed by atoms with E-state index >= 15 is 0 Å². The van der Waals surface area contributed by atoms with Gasteiger partial charge >= 0.3 is 5.97 Å². The molecule has 1 N–H and O–H groups in total. The van der Waals surface area contributed by atoms with E-state index in [1.807, 2.05) is 30.3 Å². The van der Waals surface area contributed by atoms with Gasteiger partial charge in [-0.1, -0.05) is 36.4 Å². The summed E-state index contributed by atoms with van der Waals surface area (Å²) in [5, 5.41) is 2.88. The minimum absolute atomic E-state index is 0.0717. The highest BCUT2D eigenvalue weighted by Gasteiger charge is 2.38. The summed E-state index contributed by atoms with van der Waals surface area (Å²) in [6.45, 7) is 1.43. The van der Waals surface area contributed by atoms with Gasteiger partial charge in [0.1, 0.15) is 6.26 Å². The highest BCUT2D eigenvalue weighted by Crippen LogP contribution is 2.30. The Balaban J connectivity index is 1.53. The summed E-state index contributed by atoms with van der Waals surface area (Å²) in [7, 11) is 1.29. The molecular weight excluding hydrogens is 496 g/mol. The molecule has 2 heterocycles. The third-order valence-corrected chi connectivity index (χ3v) is 6.50. The van der Waals surface area contributed by atoms with Gasteiger partial charge in [-0.15, -0.1) is 0 Å². The molecule has 1 fully saturated rings. The fraction of sp³-hybridized carbons (Fsp3) is 0.357. The van der Waals surface area contributed by atoms with Crippen LogP contribution in [0.4, 0.5) is 8.78 Å². The van der Waals surface area contributed by atoms with Crippen molar-refractivity contribution in [2.24, 2.45) is 0 Å². The van der Waals surface area contributed by atoms with Crippen molar-refractivity contribution in [1.82, 2.24) is 15.2 Å². The van der Waals surface area contributed by atoms with E-state index in [0.717, 1.165) is 16.7 Å². The lowest BCUT2D eigenvalue weighted by Crippen LogP contribution is -2.45. The lowest BCUT2D eigenvalue weighted by atomic mass is 9.93. The molecule has 3 aromatic rings.